The standard InChI is InChI=1S/C21H29F2N7O2/c1-13-3-4-16(30-12-26-27-28-30)14(7-13)10-25-18(31)17-9-21(22,23)11-29(17)19(32)15(24)8-20(2)5-6-20/h3-4,7,12,14-17H,5-6,8-11,24H2,1-2H3,(H,25,31)/t14?,15-,16?,17?/m1/s1. The van der Waals surface area contributed by atoms with Crippen LogP contribution in [0.4, 0.5) is 8.78 Å². The van der Waals surface area contributed by atoms with Crippen LogP contribution in [0.1, 0.15) is 45.6 Å². The van der Waals surface area contributed by atoms with Crippen LogP contribution in [-0.4, -0.2) is 68.0 Å². The second-order valence-electron chi connectivity index (χ2n) is 9.62. The van der Waals surface area contributed by atoms with Gasteiger partial charge in [0.15, 0.2) is 0 Å². The average Bonchev–Trinajstić information content (AvgIpc) is 3.13. The van der Waals surface area contributed by atoms with Crippen molar-refractivity contribution in [3.63, 3.8) is 0 Å². The molecule has 4 atom stereocenters. The Kier molecular flexibility index (Phi) is 5.87. The van der Waals surface area contributed by atoms with Gasteiger partial charge < -0.3 is 16.0 Å². The first-order chi connectivity index (χ1) is 15.1. The SMILES string of the molecule is CC1=CC(CNC(=O)C2CC(F)(F)CN2C(=O)[C@H](N)CC2(C)CC2)C(n2cnnn2)C=C1. The Morgan fingerprint density at radius 2 is 2.12 bits per heavy atom. The lowest BCUT2D eigenvalue weighted by Gasteiger charge is -2.29. The Morgan fingerprint density at radius 3 is 2.78 bits per heavy atom. The molecule has 32 heavy (non-hydrogen) atoms. The summed E-state index contributed by atoms with van der Waals surface area (Å²) in [5.74, 6) is -4.48. The van der Waals surface area contributed by atoms with Crippen molar-refractivity contribution in [2.45, 2.75) is 63.6 Å². The summed E-state index contributed by atoms with van der Waals surface area (Å²) in [6.07, 6.45) is 9.00. The molecule has 1 aromatic rings. The number of hydrogen-bond acceptors (Lipinski definition) is 6. The van der Waals surface area contributed by atoms with Crippen molar-refractivity contribution in [3.8, 4) is 0 Å². The molecule has 1 saturated carbocycles. The van der Waals surface area contributed by atoms with Crippen molar-refractivity contribution >= 4 is 11.8 Å². The van der Waals surface area contributed by atoms with Gasteiger partial charge in [-0.25, -0.2) is 13.5 Å². The van der Waals surface area contributed by atoms with Crippen LogP contribution in [0.15, 0.2) is 30.1 Å². The van der Waals surface area contributed by atoms with Crippen LogP contribution in [0.2, 0.25) is 0 Å². The molecule has 2 aliphatic carbocycles. The zero-order valence-electron chi connectivity index (χ0n) is 18.2. The molecule has 174 valence electrons. The lowest BCUT2D eigenvalue weighted by Crippen LogP contribution is -2.52. The van der Waals surface area contributed by atoms with Gasteiger partial charge in [0.05, 0.1) is 18.6 Å². The number of nitrogens with two attached hydrogens (primary N) is 1. The summed E-state index contributed by atoms with van der Waals surface area (Å²) in [6, 6.07) is -2.35. The molecule has 0 bridgehead atoms. The van der Waals surface area contributed by atoms with Crippen molar-refractivity contribution in [3.05, 3.63) is 30.1 Å². The number of tetrazole rings is 1. The maximum Gasteiger partial charge on any atom is 0.267 e. The monoisotopic (exact) mass is 449 g/mol. The predicted molar refractivity (Wildman–Crippen MR) is 111 cm³/mol. The van der Waals surface area contributed by atoms with E-state index in [2.05, 4.69) is 20.8 Å². The highest BCUT2D eigenvalue weighted by Gasteiger charge is 2.51. The maximum atomic E-state index is 14.2. The van der Waals surface area contributed by atoms with Crippen molar-refractivity contribution in [1.82, 2.24) is 30.4 Å². The number of carbonyl (C=O) groups is 2. The number of nitrogens with one attached hydrogen (secondary N) is 1. The average molecular weight is 450 g/mol. The number of allylic oxidation sites excluding steroid dienone is 3. The van der Waals surface area contributed by atoms with Crippen LogP contribution in [0.3, 0.4) is 0 Å². The first-order valence-corrected chi connectivity index (χ1v) is 10.9. The van der Waals surface area contributed by atoms with Crippen LogP contribution in [-0.2, 0) is 9.59 Å². The molecular weight excluding hydrogens is 420 g/mol. The molecule has 4 rings (SSSR count). The molecule has 3 aliphatic rings. The zero-order valence-corrected chi connectivity index (χ0v) is 18.2. The molecule has 1 aromatic heterocycles. The number of amides is 2. The molecule has 0 spiro atoms. The Labute approximate surface area is 185 Å². The van der Waals surface area contributed by atoms with Gasteiger partial charge in [-0.05, 0) is 42.0 Å². The smallest absolute Gasteiger partial charge is 0.267 e. The largest absolute Gasteiger partial charge is 0.354 e. The highest BCUT2D eigenvalue weighted by atomic mass is 19.3. The van der Waals surface area contributed by atoms with Gasteiger partial charge in [-0.1, -0.05) is 30.7 Å². The van der Waals surface area contributed by atoms with E-state index in [0.29, 0.717) is 6.42 Å². The summed E-state index contributed by atoms with van der Waals surface area (Å²) in [6.45, 7) is 3.37. The van der Waals surface area contributed by atoms with E-state index in [1.54, 1.807) is 4.68 Å². The molecule has 2 amide bonds. The number of aromatic nitrogens is 4. The number of carbonyl (C=O) groups excluding carboxylic acids is 2. The summed E-state index contributed by atoms with van der Waals surface area (Å²) >= 11 is 0. The molecule has 0 aromatic carbocycles. The first kappa shape index (κ1) is 22.5. The summed E-state index contributed by atoms with van der Waals surface area (Å²) in [7, 11) is 0. The molecule has 2 fully saturated rings. The van der Waals surface area contributed by atoms with Gasteiger partial charge in [0.25, 0.3) is 5.92 Å². The number of halogens is 2. The number of nitrogens with zero attached hydrogens (tertiary/aromatic N) is 5. The third kappa shape index (κ3) is 4.87. The van der Waals surface area contributed by atoms with Gasteiger partial charge in [0, 0.05) is 18.9 Å². The molecular formula is C21H29F2N7O2. The minimum Gasteiger partial charge on any atom is -0.354 e. The van der Waals surface area contributed by atoms with Gasteiger partial charge in [-0.2, -0.15) is 0 Å². The van der Waals surface area contributed by atoms with Crippen molar-refractivity contribution in [2.75, 3.05) is 13.1 Å². The topological polar surface area (TPSA) is 119 Å². The number of rotatable bonds is 7. The fourth-order valence-corrected chi connectivity index (χ4v) is 4.52. The fraction of sp³-hybridized carbons (Fsp3) is 0.667. The van der Waals surface area contributed by atoms with E-state index in [1.807, 2.05) is 32.1 Å². The van der Waals surface area contributed by atoms with Crippen molar-refractivity contribution < 1.29 is 18.4 Å². The lowest BCUT2D eigenvalue weighted by atomic mass is 9.91. The maximum absolute atomic E-state index is 14.2. The van der Waals surface area contributed by atoms with Gasteiger partial charge in [-0.15, -0.1) is 5.10 Å². The normalized spacial score (nSPS) is 28.8. The van der Waals surface area contributed by atoms with E-state index in [9.17, 15) is 18.4 Å². The molecule has 3 unspecified atom stereocenters. The molecule has 2 heterocycles. The number of likely N-dealkylation sites (tertiary alicyclic amines) is 1. The van der Waals surface area contributed by atoms with Crippen LogP contribution >= 0.6 is 0 Å². The third-order valence-electron chi connectivity index (χ3n) is 6.64. The Bertz CT molecular complexity index is 927. The van der Waals surface area contributed by atoms with E-state index in [0.717, 1.165) is 23.3 Å². The van der Waals surface area contributed by atoms with Crippen LogP contribution in [0.25, 0.3) is 0 Å². The predicted octanol–water partition coefficient (Wildman–Crippen LogP) is 1.22. The van der Waals surface area contributed by atoms with E-state index in [-0.39, 0.29) is 23.9 Å². The van der Waals surface area contributed by atoms with Gasteiger partial charge in [0.1, 0.15) is 12.4 Å². The molecule has 3 N–H and O–H groups in total. The third-order valence-corrected chi connectivity index (χ3v) is 6.64. The highest BCUT2D eigenvalue weighted by molar-refractivity contribution is 5.90. The number of hydrogen-bond donors (Lipinski definition) is 2. The lowest BCUT2D eigenvalue weighted by molar-refractivity contribution is -0.140. The minimum atomic E-state index is -3.13. The zero-order chi connectivity index (χ0) is 23.1. The molecule has 11 heteroatoms. The summed E-state index contributed by atoms with van der Waals surface area (Å²) in [5, 5.41) is 14.0. The van der Waals surface area contributed by atoms with E-state index in [4.69, 9.17) is 5.73 Å². The highest BCUT2D eigenvalue weighted by Crippen LogP contribution is 2.49. The summed E-state index contributed by atoms with van der Waals surface area (Å²) in [5.41, 5.74) is 7.06. The van der Waals surface area contributed by atoms with Gasteiger partial charge in [-0.3, -0.25) is 9.59 Å². The second-order valence-corrected chi connectivity index (χ2v) is 9.62. The minimum absolute atomic E-state index is 0.000996. The Hall–Kier alpha value is -2.69. The fourth-order valence-electron chi connectivity index (χ4n) is 4.52. The first-order valence-electron chi connectivity index (χ1n) is 10.9. The van der Waals surface area contributed by atoms with E-state index < -0.39 is 42.8 Å². The molecule has 0 radical (unpaired) electrons. The molecule has 1 saturated heterocycles. The molecule has 9 nitrogen and oxygen atoms in total. The van der Waals surface area contributed by atoms with Crippen LogP contribution in [0.5, 0.6) is 0 Å². The summed E-state index contributed by atoms with van der Waals surface area (Å²) in [4.78, 5) is 26.7. The Morgan fingerprint density at radius 1 is 1.38 bits per heavy atom. The van der Waals surface area contributed by atoms with Crippen LogP contribution in [0, 0.1) is 11.3 Å². The van der Waals surface area contributed by atoms with E-state index >= 15 is 0 Å². The van der Waals surface area contributed by atoms with Crippen LogP contribution < -0.4 is 11.1 Å². The summed E-state index contributed by atoms with van der Waals surface area (Å²) < 4.78 is 30.0. The van der Waals surface area contributed by atoms with Crippen molar-refractivity contribution in [2.24, 2.45) is 17.1 Å². The van der Waals surface area contributed by atoms with Crippen molar-refractivity contribution in [1.29, 1.82) is 0 Å². The molecule has 1 aliphatic heterocycles. The van der Waals surface area contributed by atoms with Gasteiger partial charge >= 0.3 is 0 Å². The van der Waals surface area contributed by atoms with Gasteiger partial charge in [0.2, 0.25) is 11.8 Å². The second kappa shape index (κ2) is 8.34. The van der Waals surface area contributed by atoms with E-state index in [1.165, 1.54) is 6.33 Å². The quantitative estimate of drug-likeness (QED) is 0.646. The Balaban J connectivity index is 1.42. The number of alkyl halides is 2.